The number of piperidine rings is 1. The zero-order valence-electron chi connectivity index (χ0n) is 11.8. The second kappa shape index (κ2) is 4.40. The number of aliphatic hydroxyl groups excluding tert-OH is 1. The fourth-order valence-electron chi connectivity index (χ4n) is 3.85. The van der Waals surface area contributed by atoms with E-state index >= 15 is 0 Å². The predicted molar refractivity (Wildman–Crippen MR) is 81.4 cm³/mol. The van der Waals surface area contributed by atoms with E-state index in [-0.39, 0.29) is 6.10 Å². The number of aliphatic hydroxyl groups is 1. The topological polar surface area (TPSA) is 49.2 Å². The first-order chi connectivity index (χ1) is 9.65. The molecule has 2 aliphatic rings. The number of hydrogen-bond acceptors (Lipinski definition) is 5. The molecule has 1 N–H and O–H groups in total. The summed E-state index contributed by atoms with van der Waals surface area (Å²) in [6.07, 6.45) is 5.67. The minimum atomic E-state index is -0.133. The van der Waals surface area contributed by atoms with E-state index in [0.29, 0.717) is 12.1 Å². The number of rotatable bonds is 1. The van der Waals surface area contributed by atoms with Gasteiger partial charge in [-0.25, -0.2) is 9.97 Å². The average molecular weight is 289 g/mol. The van der Waals surface area contributed by atoms with E-state index in [0.717, 1.165) is 23.5 Å². The fraction of sp³-hybridized carbons (Fsp3) is 0.600. The van der Waals surface area contributed by atoms with Crippen LogP contribution in [0, 0.1) is 13.8 Å². The van der Waals surface area contributed by atoms with Gasteiger partial charge < -0.3 is 10.0 Å². The smallest absolute Gasteiger partial charge is 0.141 e. The van der Waals surface area contributed by atoms with E-state index < -0.39 is 0 Å². The standard InChI is InChI=1S/C15H19N3OS/c1-8-9(2)20-15-13(8)14(16-7-17-15)18-10-3-4-11(18)6-12(19)5-10/h7,10-12,19H,3-6H2,1-2H3. The number of nitrogens with zero attached hydrogens (tertiary/aromatic N) is 3. The Morgan fingerprint density at radius 3 is 2.60 bits per heavy atom. The van der Waals surface area contributed by atoms with Crippen molar-refractivity contribution in [3.63, 3.8) is 0 Å². The minimum Gasteiger partial charge on any atom is -0.393 e. The Morgan fingerprint density at radius 2 is 1.90 bits per heavy atom. The van der Waals surface area contributed by atoms with Gasteiger partial charge in [-0.15, -0.1) is 11.3 Å². The maximum Gasteiger partial charge on any atom is 0.141 e. The molecule has 4 nitrogen and oxygen atoms in total. The van der Waals surface area contributed by atoms with Crippen molar-refractivity contribution in [2.75, 3.05) is 4.90 Å². The lowest BCUT2D eigenvalue weighted by Crippen LogP contribution is -2.45. The molecule has 0 aliphatic carbocycles. The van der Waals surface area contributed by atoms with Gasteiger partial charge in [0, 0.05) is 17.0 Å². The summed E-state index contributed by atoms with van der Waals surface area (Å²) in [4.78, 5) is 13.9. The first-order valence-electron chi connectivity index (χ1n) is 7.32. The number of thiophene rings is 1. The lowest BCUT2D eigenvalue weighted by molar-refractivity contribution is 0.126. The van der Waals surface area contributed by atoms with E-state index in [9.17, 15) is 5.11 Å². The molecule has 2 bridgehead atoms. The van der Waals surface area contributed by atoms with Crippen LogP contribution in [-0.4, -0.2) is 33.3 Å². The maximum absolute atomic E-state index is 9.97. The van der Waals surface area contributed by atoms with Crippen LogP contribution in [0.25, 0.3) is 10.2 Å². The molecule has 2 aromatic rings. The van der Waals surface area contributed by atoms with Gasteiger partial charge in [0.1, 0.15) is 17.0 Å². The Labute approximate surface area is 122 Å². The van der Waals surface area contributed by atoms with Crippen LogP contribution in [-0.2, 0) is 0 Å². The van der Waals surface area contributed by atoms with E-state index in [2.05, 4.69) is 28.7 Å². The van der Waals surface area contributed by atoms with Gasteiger partial charge in [-0.05, 0) is 45.1 Å². The molecule has 2 aliphatic heterocycles. The maximum atomic E-state index is 9.97. The van der Waals surface area contributed by atoms with Crippen molar-refractivity contribution in [2.45, 2.75) is 57.7 Å². The molecule has 0 amide bonds. The summed E-state index contributed by atoms with van der Waals surface area (Å²) < 4.78 is 0. The van der Waals surface area contributed by atoms with E-state index in [1.165, 1.54) is 28.7 Å². The van der Waals surface area contributed by atoms with Gasteiger partial charge in [-0.1, -0.05) is 0 Å². The molecule has 0 aromatic carbocycles. The van der Waals surface area contributed by atoms with Crippen molar-refractivity contribution in [3.05, 3.63) is 16.8 Å². The predicted octanol–water partition coefficient (Wildman–Crippen LogP) is 2.80. The molecule has 2 fully saturated rings. The van der Waals surface area contributed by atoms with Gasteiger partial charge in [0.05, 0.1) is 11.5 Å². The molecule has 0 saturated carbocycles. The lowest BCUT2D eigenvalue weighted by atomic mass is 9.99. The number of aromatic nitrogens is 2. The molecule has 2 aromatic heterocycles. The van der Waals surface area contributed by atoms with E-state index in [1.807, 2.05) is 0 Å². The van der Waals surface area contributed by atoms with Gasteiger partial charge in [-0.2, -0.15) is 0 Å². The van der Waals surface area contributed by atoms with Gasteiger partial charge in [0.2, 0.25) is 0 Å². The van der Waals surface area contributed by atoms with Gasteiger partial charge in [0.15, 0.2) is 0 Å². The van der Waals surface area contributed by atoms with Crippen LogP contribution in [0.1, 0.15) is 36.1 Å². The SMILES string of the molecule is Cc1sc2ncnc(N3C4CCC3CC(O)C4)c2c1C. The van der Waals surface area contributed by atoms with Crippen LogP contribution in [0.5, 0.6) is 0 Å². The zero-order valence-corrected chi connectivity index (χ0v) is 12.7. The highest BCUT2D eigenvalue weighted by molar-refractivity contribution is 7.18. The van der Waals surface area contributed by atoms with Gasteiger partial charge >= 0.3 is 0 Å². The van der Waals surface area contributed by atoms with Crippen LogP contribution in [0.2, 0.25) is 0 Å². The molecular weight excluding hydrogens is 270 g/mol. The summed E-state index contributed by atoms with van der Waals surface area (Å²) in [6, 6.07) is 0.892. The quantitative estimate of drug-likeness (QED) is 0.877. The van der Waals surface area contributed by atoms with Crippen molar-refractivity contribution in [2.24, 2.45) is 0 Å². The normalized spacial score (nSPS) is 29.4. The number of hydrogen-bond donors (Lipinski definition) is 1. The van der Waals surface area contributed by atoms with E-state index in [1.54, 1.807) is 17.7 Å². The molecule has 5 heteroatoms. The van der Waals surface area contributed by atoms with Crippen LogP contribution in [0.4, 0.5) is 5.82 Å². The molecule has 2 saturated heterocycles. The number of anilines is 1. The van der Waals surface area contributed by atoms with Crippen LogP contribution < -0.4 is 4.90 Å². The van der Waals surface area contributed by atoms with Crippen LogP contribution >= 0.6 is 11.3 Å². The largest absolute Gasteiger partial charge is 0.393 e. The number of aryl methyl sites for hydroxylation is 2. The molecule has 0 radical (unpaired) electrons. The first-order valence-corrected chi connectivity index (χ1v) is 8.14. The molecular formula is C15H19N3OS. The second-order valence-corrected chi connectivity index (χ2v) is 7.28. The highest BCUT2D eigenvalue weighted by Crippen LogP contribution is 2.43. The average Bonchev–Trinajstić information content (AvgIpc) is 2.85. The highest BCUT2D eigenvalue weighted by atomic mass is 32.1. The third kappa shape index (κ3) is 1.69. The molecule has 0 spiro atoms. The molecule has 4 heterocycles. The van der Waals surface area contributed by atoms with Gasteiger partial charge in [0.25, 0.3) is 0 Å². The summed E-state index contributed by atoms with van der Waals surface area (Å²) in [5, 5.41) is 11.2. The van der Waals surface area contributed by atoms with Crippen molar-refractivity contribution in [1.82, 2.24) is 9.97 Å². The highest BCUT2D eigenvalue weighted by Gasteiger charge is 2.41. The summed E-state index contributed by atoms with van der Waals surface area (Å²) in [6.45, 7) is 4.32. The summed E-state index contributed by atoms with van der Waals surface area (Å²) in [5.74, 6) is 1.09. The van der Waals surface area contributed by atoms with Crippen LogP contribution in [0.15, 0.2) is 6.33 Å². The third-order valence-electron chi connectivity index (χ3n) is 4.90. The monoisotopic (exact) mass is 289 g/mol. The Balaban J connectivity index is 1.87. The molecule has 4 rings (SSSR count). The van der Waals surface area contributed by atoms with Crippen molar-refractivity contribution in [3.8, 4) is 0 Å². The number of fused-ring (bicyclic) bond motifs is 3. The first kappa shape index (κ1) is 12.5. The Bertz CT molecular complexity index is 654. The van der Waals surface area contributed by atoms with Crippen molar-refractivity contribution in [1.29, 1.82) is 0 Å². The molecule has 2 unspecified atom stereocenters. The minimum absolute atomic E-state index is 0.133. The Kier molecular flexibility index (Phi) is 2.76. The molecule has 2 atom stereocenters. The van der Waals surface area contributed by atoms with E-state index in [4.69, 9.17) is 0 Å². The fourth-order valence-corrected chi connectivity index (χ4v) is 4.85. The third-order valence-corrected chi connectivity index (χ3v) is 6.01. The van der Waals surface area contributed by atoms with Gasteiger partial charge in [-0.3, -0.25) is 0 Å². The summed E-state index contributed by atoms with van der Waals surface area (Å²) in [5.41, 5.74) is 1.31. The molecule has 20 heavy (non-hydrogen) atoms. The second-order valence-electron chi connectivity index (χ2n) is 6.08. The lowest BCUT2D eigenvalue weighted by Gasteiger charge is -2.38. The van der Waals surface area contributed by atoms with Crippen molar-refractivity contribution < 1.29 is 5.11 Å². The Hall–Kier alpha value is -1.20. The van der Waals surface area contributed by atoms with Crippen molar-refractivity contribution >= 4 is 27.4 Å². The van der Waals surface area contributed by atoms with Crippen LogP contribution in [0.3, 0.4) is 0 Å². The Morgan fingerprint density at radius 1 is 1.20 bits per heavy atom. The summed E-state index contributed by atoms with van der Waals surface area (Å²) >= 11 is 1.75. The molecule has 106 valence electrons. The summed E-state index contributed by atoms with van der Waals surface area (Å²) in [7, 11) is 0. The zero-order chi connectivity index (χ0) is 13.9.